The number of ketones is 1. The summed E-state index contributed by atoms with van der Waals surface area (Å²) in [5.41, 5.74) is 3.84. The van der Waals surface area contributed by atoms with Gasteiger partial charge in [0.05, 0.1) is 11.4 Å². The summed E-state index contributed by atoms with van der Waals surface area (Å²) < 4.78 is 28.1. The van der Waals surface area contributed by atoms with Gasteiger partial charge in [-0.2, -0.15) is 0 Å². The van der Waals surface area contributed by atoms with Gasteiger partial charge in [-0.15, -0.1) is 0 Å². The molecule has 0 fully saturated rings. The Morgan fingerprint density at radius 1 is 0.667 bits per heavy atom. The molecule has 0 bridgehead atoms. The van der Waals surface area contributed by atoms with Crippen molar-refractivity contribution in [2.24, 2.45) is 0 Å². The summed E-state index contributed by atoms with van der Waals surface area (Å²) in [5.74, 6) is -1.29. The van der Waals surface area contributed by atoms with Gasteiger partial charge in [-0.3, -0.25) is 14.8 Å². The molecule has 3 nitrogen and oxygen atoms in total. The monoisotopic (exact) mass is 400 g/mol. The van der Waals surface area contributed by atoms with E-state index in [0.29, 0.717) is 22.5 Å². The summed E-state index contributed by atoms with van der Waals surface area (Å²) in [6.07, 6.45) is 0. The lowest BCUT2D eigenvalue weighted by molar-refractivity contribution is 0.104. The molecule has 0 saturated heterocycles. The Labute approximate surface area is 173 Å². The van der Waals surface area contributed by atoms with E-state index in [-0.39, 0.29) is 16.9 Å². The molecule has 0 aliphatic carbocycles. The molecular formula is C25H18F2N2O. The van der Waals surface area contributed by atoms with Gasteiger partial charge in [0.1, 0.15) is 11.6 Å². The Bertz CT molecular complexity index is 1170. The van der Waals surface area contributed by atoms with E-state index in [4.69, 9.17) is 0 Å². The molecule has 148 valence electrons. The minimum absolute atomic E-state index is 0.287. The zero-order chi connectivity index (χ0) is 21.3. The van der Waals surface area contributed by atoms with Crippen LogP contribution in [0.1, 0.15) is 27.3 Å². The number of halogens is 2. The van der Waals surface area contributed by atoms with Crippen molar-refractivity contribution < 1.29 is 13.6 Å². The number of benzene rings is 2. The average molecular weight is 400 g/mol. The first-order valence-corrected chi connectivity index (χ1v) is 9.44. The first kappa shape index (κ1) is 19.6. The van der Waals surface area contributed by atoms with Crippen LogP contribution in [-0.2, 0) is 0 Å². The fraction of sp³-hybridized carbons (Fsp3) is 0.0800. The number of hydrogen-bond donors (Lipinski definition) is 0. The lowest BCUT2D eigenvalue weighted by Gasteiger charge is -2.13. The SMILES string of the molecule is Cc1cccc(-c2cc(F)ccc2C(=O)c2ccc(F)cc2-c2cccc(C)n2)n1. The van der Waals surface area contributed by atoms with E-state index >= 15 is 0 Å². The van der Waals surface area contributed by atoms with Crippen LogP contribution in [0.2, 0.25) is 0 Å². The summed E-state index contributed by atoms with van der Waals surface area (Å²) in [5, 5.41) is 0. The minimum atomic E-state index is -0.468. The second-order valence-corrected chi connectivity index (χ2v) is 7.04. The van der Waals surface area contributed by atoms with Crippen LogP contribution in [0.25, 0.3) is 22.5 Å². The van der Waals surface area contributed by atoms with E-state index in [1.54, 1.807) is 24.3 Å². The van der Waals surface area contributed by atoms with Crippen LogP contribution in [0.15, 0.2) is 72.8 Å². The maximum atomic E-state index is 14.0. The molecular weight excluding hydrogens is 382 g/mol. The summed E-state index contributed by atoms with van der Waals surface area (Å²) in [7, 11) is 0. The van der Waals surface area contributed by atoms with Crippen molar-refractivity contribution >= 4 is 5.78 Å². The number of aryl methyl sites for hydroxylation is 2. The Balaban J connectivity index is 1.90. The van der Waals surface area contributed by atoms with Gasteiger partial charge in [-0.05, 0) is 74.5 Å². The van der Waals surface area contributed by atoms with Crippen LogP contribution in [0.3, 0.4) is 0 Å². The number of nitrogens with zero attached hydrogens (tertiary/aromatic N) is 2. The predicted molar refractivity (Wildman–Crippen MR) is 112 cm³/mol. The summed E-state index contributed by atoms with van der Waals surface area (Å²) in [6.45, 7) is 3.65. The lowest BCUT2D eigenvalue weighted by Crippen LogP contribution is -2.07. The zero-order valence-corrected chi connectivity index (χ0v) is 16.5. The molecule has 30 heavy (non-hydrogen) atoms. The third-order valence-electron chi connectivity index (χ3n) is 4.78. The molecule has 2 aromatic carbocycles. The summed E-state index contributed by atoms with van der Waals surface area (Å²) in [6, 6.07) is 18.7. The van der Waals surface area contributed by atoms with Crippen molar-refractivity contribution in [2.75, 3.05) is 0 Å². The van der Waals surface area contributed by atoms with E-state index in [0.717, 1.165) is 11.4 Å². The van der Waals surface area contributed by atoms with Crippen molar-refractivity contribution in [3.05, 3.63) is 107 Å². The van der Waals surface area contributed by atoms with Gasteiger partial charge < -0.3 is 0 Å². The molecule has 0 aliphatic rings. The maximum Gasteiger partial charge on any atom is 0.194 e. The molecule has 0 spiro atoms. The molecule has 0 aliphatic heterocycles. The van der Waals surface area contributed by atoms with E-state index in [1.165, 1.54) is 36.4 Å². The van der Waals surface area contributed by atoms with Crippen molar-refractivity contribution in [1.82, 2.24) is 9.97 Å². The number of aromatic nitrogens is 2. The van der Waals surface area contributed by atoms with Crippen LogP contribution < -0.4 is 0 Å². The smallest absolute Gasteiger partial charge is 0.194 e. The molecule has 0 radical (unpaired) electrons. The number of pyridine rings is 2. The fourth-order valence-electron chi connectivity index (χ4n) is 3.38. The second-order valence-electron chi connectivity index (χ2n) is 7.04. The zero-order valence-electron chi connectivity index (χ0n) is 16.5. The van der Waals surface area contributed by atoms with Crippen molar-refractivity contribution in [1.29, 1.82) is 0 Å². The van der Waals surface area contributed by atoms with Gasteiger partial charge in [-0.25, -0.2) is 8.78 Å². The third-order valence-corrected chi connectivity index (χ3v) is 4.78. The largest absolute Gasteiger partial charge is 0.289 e. The van der Waals surface area contributed by atoms with Gasteiger partial charge in [-0.1, -0.05) is 12.1 Å². The van der Waals surface area contributed by atoms with E-state index in [2.05, 4.69) is 9.97 Å². The molecule has 0 N–H and O–H groups in total. The van der Waals surface area contributed by atoms with Crippen LogP contribution in [-0.4, -0.2) is 15.8 Å². The number of carbonyl (C=O) groups excluding carboxylic acids is 1. The molecule has 2 aromatic heterocycles. The molecule has 5 heteroatoms. The van der Waals surface area contributed by atoms with Crippen molar-refractivity contribution in [2.45, 2.75) is 13.8 Å². The number of hydrogen-bond acceptors (Lipinski definition) is 3. The normalized spacial score (nSPS) is 10.8. The van der Waals surface area contributed by atoms with Crippen LogP contribution in [0.4, 0.5) is 8.78 Å². The highest BCUT2D eigenvalue weighted by molar-refractivity contribution is 6.15. The summed E-state index contributed by atoms with van der Waals surface area (Å²) >= 11 is 0. The number of rotatable bonds is 4. The Morgan fingerprint density at radius 3 is 1.50 bits per heavy atom. The molecule has 4 rings (SSSR count). The molecule has 4 aromatic rings. The van der Waals surface area contributed by atoms with Gasteiger partial charge >= 0.3 is 0 Å². The Kier molecular flexibility index (Phi) is 5.19. The molecule has 0 saturated carbocycles. The van der Waals surface area contributed by atoms with Crippen LogP contribution >= 0.6 is 0 Å². The summed E-state index contributed by atoms with van der Waals surface area (Å²) in [4.78, 5) is 22.4. The van der Waals surface area contributed by atoms with Crippen molar-refractivity contribution in [3.63, 3.8) is 0 Å². The average Bonchev–Trinajstić information content (AvgIpc) is 2.73. The second kappa shape index (κ2) is 7.95. The fourth-order valence-corrected chi connectivity index (χ4v) is 3.38. The highest BCUT2D eigenvalue weighted by Gasteiger charge is 2.21. The highest BCUT2D eigenvalue weighted by Crippen LogP contribution is 2.30. The Hall–Kier alpha value is -3.73. The minimum Gasteiger partial charge on any atom is -0.289 e. The van der Waals surface area contributed by atoms with Gasteiger partial charge in [0.2, 0.25) is 0 Å². The first-order valence-electron chi connectivity index (χ1n) is 9.44. The Morgan fingerprint density at radius 2 is 1.10 bits per heavy atom. The van der Waals surface area contributed by atoms with Crippen molar-refractivity contribution in [3.8, 4) is 22.5 Å². The lowest BCUT2D eigenvalue weighted by atomic mass is 9.92. The van der Waals surface area contributed by atoms with E-state index in [9.17, 15) is 13.6 Å². The standard InChI is InChI=1S/C25H18F2N2O/c1-15-5-3-7-23(28-15)21-13-17(26)9-11-19(21)25(30)20-12-10-18(27)14-22(20)24-8-4-6-16(2)29-24/h3-14H,1-2H3. The van der Waals surface area contributed by atoms with E-state index in [1.807, 2.05) is 26.0 Å². The van der Waals surface area contributed by atoms with Crippen LogP contribution in [0.5, 0.6) is 0 Å². The van der Waals surface area contributed by atoms with E-state index < -0.39 is 11.6 Å². The molecule has 0 unspecified atom stereocenters. The highest BCUT2D eigenvalue weighted by atomic mass is 19.1. The molecule has 0 amide bonds. The first-order chi connectivity index (χ1) is 14.4. The van der Waals surface area contributed by atoms with Gasteiger partial charge in [0.15, 0.2) is 5.78 Å². The molecule has 2 heterocycles. The predicted octanol–water partition coefficient (Wildman–Crippen LogP) is 5.94. The number of carbonyl (C=O) groups is 1. The van der Waals surface area contributed by atoms with Gasteiger partial charge in [0, 0.05) is 33.6 Å². The third kappa shape index (κ3) is 3.87. The quantitative estimate of drug-likeness (QED) is 0.398. The topological polar surface area (TPSA) is 42.9 Å². The van der Waals surface area contributed by atoms with Crippen LogP contribution in [0, 0.1) is 25.5 Å². The van der Waals surface area contributed by atoms with Gasteiger partial charge in [0.25, 0.3) is 0 Å². The maximum absolute atomic E-state index is 14.0. The molecule has 0 atom stereocenters.